The number of hydrogen-bond acceptors (Lipinski definition) is 3. The van der Waals surface area contributed by atoms with Gasteiger partial charge in [-0.25, -0.2) is 0 Å². The first-order valence-electron chi connectivity index (χ1n) is 6.11. The summed E-state index contributed by atoms with van der Waals surface area (Å²) in [5, 5.41) is 3.34. The number of anilines is 3. The van der Waals surface area contributed by atoms with Gasteiger partial charge in [-0.15, -0.1) is 0 Å². The van der Waals surface area contributed by atoms with E-state index in [1.807, 2.05) is 44.4 Å². The van der Waals surface area contributed by atoms with Crippen molar-refractivity contribution in [2.75, 3.05) is 24.3 Å². The van der Waals surface area contributed by atoms with Gasteiger partial charge in [0.1, 0.15) is 4.99 Å². The molecule has 0 amide bonds. The van der Waals surface area contributed by atoms with Crippen molar-refractivity contribution >= 4 is 50.2 Å². The second-order valence-corrected chi connectivity index (χ2v) is 5.98. The summed E-state index contributed by atoms with van der Waals surface area (Å²) in [4.78, 5) is 2.43. The molecule has 2 aromatic carbocycles. The van der Waals surface area contributed by atoms with E-state index in [1.165, 1.54) is 0 Å². The lowest BCUT2D eigenvalue weighted by molar-refractivity contribution is 1.13. The average Bonchev–Trinajstić information content (AvgIpc) is 2.41. The SMILES string of the molecule is CN(C)c1ccc(Nc2ccc(Br)cc2C(N)=S)cc1. The number of thiocarbonyl (C=S) groups is 1. The Kier molecular flexibility index (Phi) is 4.62. The maximum atomic E-state index is 5.76. The lowest BCUT2D eigenvalue weighted by atomic mass is 10.1. The number of nitrogens with one attached hydrogen (secondary N) is 1. The van der Waals surface area contributed by atoms with E-state index in [4.69, 9.17) is 18.0 Å². The average molecular weight is 350 g/mol. The fourth-order valence-corrected chi connectivity index (χ4v) is 2.36. The summed E-state index contributed by atoms with van der Waals surface area (Å²) in [6.45, 7) is 0. The molecule has 0 saturated carbocycles. The highest BCUT2D eigenvalue weighted by molar-refractivity contribution is 9.10. The van der Waals surface area contributed by atoms with Gasteiger partial charge in [0, 0.05) is 41.2 Å². The first-order valence-corrected chi connectivity index (χ1v) is 7.31. The number of benzene rings is 2. The van der Waals surface area contributed by atoms with Crippen LogP contribution in [0.1, 0.15) is 5.56 Å². The Bertz CT molecular complexity index is 624. The standard InChI is InChI=1S/C15H16BrN3S/c1-19(2)12-6-4-11(5-7-12)18-14-8-3-10(16)9-13(14)15(17)20/h3-9,18H,1-2H3,(H2,17,20). The summed E-state index contributed by atoms with van der Waals surface area (Å²) in [6.07, 6.45) is 0. The number of rotatable bonds is 4. The van der Waals surface area contributed by atoms with Crippen molar-refractivity contribution in [3.05, 3.63) is 52.5 Å². The topological polar surface area (TPSA) is 41.3 Å². The van der Waals surface area contributed by atoms with Crippen LogP contribution in [-0.2, 0) is 0 Å². The van der Waals surface area contributed by atoms with E-state index in [-0.39, 0.29) is 0 Å². The van der Waals surface area contributed by atoms with E-state index in [0.29, 0.717) is 4.99 Å². The molecule has 20 heavy (non-hydrogen) atoms. The second kappa shape index (κ2) is 6.24. The van der Waals surface area contributed by atoms with E-state index < -0.39 is 0 Å². The third kappa shape index (κ3) is 3.49. The zero-order valence-corrected chi connectivity index (χ0v) is 13.8. The quantitative estimate of drug-likeness (QED) is 0.821. The fourth-order valence-electron chi connectivity index (χ4n) is 1.83. The number of nitrogens with zero attached hydrogens (tertiary/aromatic N) is 1. The summed E-state index contributed by atoms with van der Waals surface area (Å²) in [5.74, 6) is 0. The minimum absolute atomic E-state index is 0.374. The molecule has 0 heterocycles. The van der Waals surface area contributed by atoms with E-state index in [0.717, 1.165) is 27.1 Å². The van der Waals surface area contributed by atoms with Crippen LogP contribution in [0.4, 0.5) is 17.1 Å². The molecular weight excluding hydrogens is 334 g/mol. The van der Waals surface area contributed by atoms with E-state index in [9.17, 15) is 0 Å². The molecule has 0 aromatic heterocycles. The summed E-state index contributed by atoms with van der Waals surface area (Å²) >= 11 is 8.52. The van der Waals surface area contributed by atoms with Crippen molar-refractivity contribution in [3.8, 4) is 0 Å². The Morgan fingerprint density at radius 3 is 2.35 bits per heavy atom. The third-order valence-electron chi connectivity index (χ3n) is 2.91. The lowest BCUT2D eigenvalue weighted by Crippen LogP contribution is -2.12. The molecule has 0 bridgehead atoms. The number of halogens is 1. The molecule has 0 atom stereocenters. The monoisotopic (exact) mass is 349 g/mol. The van der Waals surface area contributed by atoms with Crippen LogP contribution >= 0.6 is 28.1 Å². The normalized spacial score (nSPS) is 10.2. The largest absolute Gasteiger partial charge is 0.389 e. The Hall–Kier alpha value is -1.59. The second-order valence-electron chi connectivity index (χ2n) is 4.62. The molecule has 5 heteroatoms. The van der Waals surface area contributed by atoms with Gasteiger partial charge < -0.3 is 16.0 Å². The van der Waals surface area contributed by atoms with Gasteiger partial charge >= 0.3 is 0 Å². The van der Waals surface area contributed by atoms with Crippen LogP contribution in [0.15, 0.2) is 46.9 Å². The summed E-state index contributed by atoms with van der Waals surface area (Å²) in [6, 6.07) is 14.0. The lowest BCUT2D eigenvalue weighted by Gasteiger charge is -2.15. The Morgan fingerprint density at radius 2 is 1.80 bits per heavy atom. The highest BCUT2D eigenvalue weighted by Gasteiger charge is 2.06. The van der Waals surface area contributed by atoms with Gasteiger partial charge in [0.2, 0.25) is 0 Å². The summed E-state index contributed by atoms with van der Waals surface area (Å²) in [7, 11) is 4.03. The van der Waals surface area contributed by atoms with Crippen LogP contribution in [0.25, 0.3) is 0 Å². The molecule has 0 aliphatic rings. The van der Waals surface area contributed by atoms with Crippen LogP contribution in [0.2, 0.25) is 0 Å². The maximum Gasteiger partial charge on any atom is 0.106 e. The fraction of sp³-hybridized carbons (Fsp3) is 0.133. The Balaban J connectivity index is 2.28. The predicted molar refractivity (Wildman–Crippen MR) is 94.1 cm³/mol. The molecule has 2 rings (SSSR count). The van der Waals surface area contributed by atoms with Crippen LogP contribution in [0, 0.1) is 0 Å². The number of hydrogen-bond donors (Lipinski definition) is 2. The first kappa shape index (κ1) is 14.8. The Morgan fingerprint density at radius 1 is 1.15 bits per heavy atom. The highest BCUT2D eigenvalue weighted by atomic mass is 79.9. The van der Waals surface area contributed by atoms with Gasteiger partial charge in [-0.3, -0.25) is 0 Å². The molecule has 0 unspecified atom stereocenters. The molecule has 2 aromatic rings. The molecule has 0 saturated heterocycles. The molecule has 3 N–H and O–H groups in total. The van der Waals surface area contributed by atoms with Crippen molar-refractivity contribution in [3.63, 3.8) is 0 Å². The molecule has 0 aliphatic carbocycles. The molecular formula is C15H16BrN3S. The first-order chi connectivity index (χ1) is 9.47. The van der Waals surface area contributed by atoms with Gasteiger partial charge in [0.25, 0.3) is 0 Å². The van der Waals surface area contributed by atoms with Gasteiger partial charge in [0.05, 0.1) is 0 Å². The van der Waals surface area contributed by atoms with Crippen molar-refractivity contribution in [2.24, 2.45) is 5.73 Å². The minimum Gasteiger partial charge on any atom is -0.389 e. The van der Waals surface area contributed by atoms with Crippen molar-refractivity contribution in [1.82, 2.24) is 0 Å². The van der Waals surface area contributed by atoms with Crippen molar-refractivity contribution < 1.29 is 0 Å². The van der Waals surface area contributed by atoms with Crippen molar-refractivity contribution in [1.29, 1.82) is 0 Å². The maximum absolute atomic E-state index is 5.76. The highest BCUT2D eigenvalue weighted by Crippen LogP contribution is 2.25. The van der Waals surface area contributed by atoms with Crippen molar-refractivity contribution in [2.45, 2.75) is 0 Å². The minimum atomic E-state index is 0.374. The zero-order chi connectivity index (χ0) is 14.7. The van der Waals surface area contributed by atoms with Crippen LogP contribution in [0.3, 0.4) is 0 Å². The molecule has 0 radical (unpaired) electrons. The van der Waals surface area contributed by atoms with E-state index >= 15 is 0 Å². The molecule has 0 aliphatic heterocycles. The number of nitrogens with two attached hydrogens (primary N) is 1. The molecule has 3 nitrogen and oxygen atoms in total. The predicted octanol–water partition coefficient (Wildman–Crippen LogP) is 3.89. The van der Waals surface area contributed by atoms with E-state index in [1.54, 1.807) is 0 Å². The van der Waals surface area contributed by atoms with E-state index in [2.05, 4.69) is 38.3 Å². The van der Waals surface area contributed by atoms with Gasteiger partial charge in [-0.2, -0.15) is 0 Å². The van der Waals surface area contributed by atoms with Crippen LogP contribution in [-0.4, -0.2) is 19.1 Å². The molecule has 0 fully saturated rings. The molecule has 0 spiro atoms. The van der Waals surface area contributed by atoms with Gasteiger partial charge in [-0.1, -0.05) is 28.1 Å². The summed E-state index contributed by atoms with van der Waals surface area (Å²) in [5.41, 5.74) is 9.64. The van der Waals surface area contributed by atoms with Gasteiger partial charge in [0.15, 0.2) is 0 Å². The molecule has 104 valence electrons. The zero-order valence-electron chi connectivity index (χ0n) is 11.4. The van der Waals surface area contributed by atoms with Gasteiger partial charge in [-0.05, 0) is 42.5 Å². The third-order valence-corrected chi connectivity index (χ3v) is 3.62. The smallest absolute Gasteiger partial charge is 0.106 e. The van der Waals surface area contributed by atoms with Crippen LogP contribution < -0.4 is 16.0 Å². The Labute approximate surface area is 132 Å². The van der Waals surface area contributed by atoms with Crippen LogP contribution in [0.5, 0.6) is 0 Å². The summed E-state index contributed by atoms with van der Waals surface area (Å²) < 4.78 is 0.953.